The normalized spacial score (nSPS) is 10.5. The first-order chi connectivity index (χ1) is 9.26. The number of hydrogen-bond acceptors (Lipinski definition) is 5. The maximum Gasteiger partial charge on any atom is 0.181 e. The van der Waals surface area contributed by atoms with Crippen LogP contribution in [0.2, 0.25) is 0 Å². The second kappa shape index (κ2) is 4.66. The number of aromatic amines is 1. The molecule has 0 saturated carbocycles. The van der Waals surface area contributed by atoms with Crippen molar-refractivity contribution in [2.24, 2.45) is 0 Å². The summed E-state index contributed by atoms with van der Waals surface area (Å²) < 4.78 is 13.4. The van der Waals surface area contributed by atoms with E-state index in [9.17, 15) is 4.39 Å². The van der Waals surface area contributed by atoms with Crippen molar-refractivity contribution in [2.45, 2.75) is 9.92 Å². The predicted molar refractivity (Wildman–Crippen MR) is 66.9 cm³/mol. The molecule has 0 atom stereocenters. The molecule has 7 heteroatoms. The molecule has 1 aromatic carbocycles. The third-order valence-electron chi connectivity index (χ3n) is 2.40. The van der Waals surface area contributed by atoms with Crippen molar-refractivity contribution >= 4 is 22.9 Å². The number of H-pyrrole nitrogens is 1. The van der Waals surface area contributed by atoms with Gasteiger partial charge < -0.3 is 4.98 Å². The van der Waals surface area contributed by atoms with Gasteiger partial charge in [0, 0.05) is 4.90 Å². The summed E-state index contributed by atoms with van der Waals surface area (Å²) in [5.74, 6) is -0.448. The molecule has 0 unspecified atom stereocenters. The smallest absolute Gasteiger partial charge is 0.181 e. The van der Waals surface area contributed by atoms with E-state index in [0.717, 1.165) is 0 Å². The van der Waals surface area contributed by atoms with E-state index in [1.165, 1.54) is 36.5 Å². The van der Waals surface area contributed by atoms with Crippen molar-refractivity contribution in [1.29, 1.82) is 5.26 Å². The maximum absolute atomic E-state index is 13.4. The average molecular weight is 271 g/mol. The van der Waals surface area contributed by atoms with Crippen LogP contribution < -0.4 is 0 Å². The van der Waals surface area contributed by atoms with Gasteiger partial charge in [-0.3, -0.25) is 0 Å². The quantitative estimate of drug-likeness (QED) is 0.724. The molecule has 0 spiro atoms. The second-order valence-corrected chi connectivity index (χ2v) is 4.73. The first kappa shape index (κ1) is 11.6. The number of nitrogens with one attached hydrogen (secondary N) is 1. The van der Waals surface area contributed by atoms with E-state index in [2.05, 4.69) is 19.9 Å². The Morgan fingerprint density at radius 1 is 1.21 bits per heavy atom. The minimum Gasteiger partial charge on any atom is -0.341 e. The van der Waals surface area contributed by atoms with Crippen molar-refractivity contribution in [3.05, 3.63) is 42.2 Å². The van der Waals surface area contributed by atoms with Crippen LogP contribution in [0.25, 0.3) is 11.2 Å². The van der Waals surface area contributed by atoms with Crippen molar-refractivity contribution in [3.63, 3.8) is 0 Å². The summed E-state index contributed by atoms with van der Waals surface area (Å²) in [5, 5.41) is 9.46. The third kappa shape index (κ3) is 2.26. The summed E-state index contributed by atoms with van der Waals surface area (Å²) in [6.07, 6.45) is 2.92. The molecule has 5 nitrogen and oxygen atoms in total. The molecule has 2 aromatic heterocycles. The van der Waals surface area contributed by atoms with E-state index in [1.807, 2.05) is 6.07 Å². The molecule has 0 fully saturated rings. The van der Waals surface area contributed by atoms with Crippen LogP contribution in [-0.4, -0.2) is 19.9 Å². The molecule has 0 amide bonds. The minimum atomic E-state index is -0.448. The van der Waals surface area contributed by atoms with Crippen LogP contribution in [0, 0.1) is 17.1 Å². The molecule has 0 aliphatic carbocycles. The van der Waals surface area contributed by atoms with E-state index in [-0.39, 0.29) is 5.56 Å². The average Bonchev–Trinajstić information content (AvgIpc) is 2.87. The van der Waals surface area contributed by atoms with E-state index >= 15 is 0 Å². The zero-order valence-corrected chi connectivity index (χ0v) is 10.3. The molecule has 2 heterocycles. The van der Waals surface area contributed by atoms with E-state index in [1.54, 1.807) is 6.07 Å². The summed E-state index contributed by atoms with van der Waals surface area (Å²) >= 11 is 1.25. The molecular formula is C12H6FN5S. The number of benzene rings is 1. The fraction of sp³-hybridized carbons (Fsp3) is 0. The van der Waals surface area contributed by atoms with Crippen molar-refractivity contribution in [2.75, 3.05) is 0 Å². The first-order valence-corrected chi connectivity index (χ1v) is 6.10. The van der Waals surface area contributed by atoms with Crippen LogP contribution in [0.3, 0.4) is 0 Å². The number of nitriles is 1. The summed E-state index contributed by atoms with van der Waals surface area (Å²) in [6.45, 7) is 0. The highest BCUT2D eigenvalue weighted by molar-refractivity contribution is 7.99. The Bertz CT molecular complexity index is 792. The van der Waals surface area contributed by atoms with Crippen LogP contribution in [0.4, 0.5) is 4.39 Å². The molecule has 1 N–H and O–H groups in total. The van der Waals surface area contributed by atoms with Gasteiger partial charge in [-0.05, 0) is 18.2 Å². The molecule has 3 aromatic rings. The van der Waals surface area contributed by atoms with Crippen LogP contribution >= 0.6 is 11.8 Å². The molecule has 92 valence electrons. The van der Waals surface area contributed by atoms with Crippen LogP contribution in [-0.2, 0) is 0 Å². The first-order valence-electron chi connectivity index (χ1n) is 5.29. The largest absolute Gasteiger partial charge is 0.341 e. The Labute approximate surface area is 111 Å². The number of fused-ring (bicyclic) bond motifs is 1. The summed E-state index contributed by atoms with van der Waals surface area (Å²) in [4.78, 5) is 15.7. The van der Waals surface area contributed by atoms with Crippen LogP contribution in [0.15, 0.2) is 40.8 Å². The number of hydrogen-bond donors (Lipinski definition) is 1. The Morgan fingerprint density at radius 2 is 2.11 bits per heavy atom. The maximum atomic E-state index is 13.4. The van der Waals surface area contributed by atoms with Gasteiger partial charge in [0.15, 0.2) is 5.65 Å². The van der Waals surface area contributed by atoms with Gasteiger partial charge in [0.05, 0.1) is 18.0 Å². The summed E-state index contributed by atoms with van der Waals surface area (Å²) in [5.41, 5.74) is 1.52. The number of imidazole rings is 1. The molecular weight excluding hydrogens is 265 g/mol. The second-order valence-electron chi connectivity index (χ2n) is 3.67. The van der Waals surface area contributed by atoms with Crippen LogP contribution in [0.1, 0.15) is 5.56 Å². The van der Waals surface area contributed by atoms with Gasteiger partial charge in [-0.2, -0.15) is 5.26 Å². The van der Waals surface area contributed by atoms with E-state index < -0.39 is 5.82 Å². The van der Waals surface area contributed by atoms with E-state index in [0.29, 0.717) is 21.1 Å². The Morgan fingerprint density at radius 3 is 2.95 bits per heavy atom. The molecule has 0 radical (unpaired) electrons. The molecule has 0 saturated heterocycles. The highest BCUT2D eigenvalue weighted by atomic mass is 32.2. The zero-order valence-electron chi connectivity index (χ0n) is 9.46. The van der Waals surface area contributed by atoms with Crippen molar-refractivity contribution < 1.29 is 4.39 Å². The fourth-order valence-electron chi connectivity index (χ4n) is 1.62. The van der Waals surface area contributed by atoms with Crippen LogP contribution in [0.5, 0.6) is 0 Å². The molecule has 0 aliphatic heterocycles. The van der Waals surface area contributed by atoms with E-state index in [4.69, 9.17) is 5.26 Å². The Kier molecular flexibility index (Phi) is 2.85. The Balaban J connectivity index is 2.04. The standard InChI is InChI=1S/C12H6FN5S/c13-8-1-7(4-14)2-9(3-8)19-12-10-11(16-5-15-10)17-6-18-12/h1-3,5-6H,(H,15,16,17,18). The van der Waals surface area contributed by atoms with Gasteiger partial charge in [-0.15, -0.1) is 0 Å². The van der Waals surface area contributed by atoms with Gasteiger partial charge in [0.2, 0.25) is 0 Å². The SMILES string of the molecule is N#Cc1cc(F)cc(Sc2ncnc3nc[nH]c23)c1. The van der Waals surface area contributed by atoms with Crippen molar-refractivity contribution in [1.82, 2.24) is 19.9 Å². The third-order valence-corrected chi connectivity index (χ3v) is 3.38. The monoisotopic (exact) mass is 271 g/mol. The highest BCUT2D eigenvalue weighted by Gasteiger charge is 2.09. The van der Waals surface area contributed by atoms with Gasteiger partial charge in [0.1, 0.15) is 22.7 Å². The highest BCUT2D eigenvalue weighted by Crippen LogP contribution is 2.30. The molecule has 0 aliphatic rings. The molecule has 0 bridgehead atoms. The number of nitrogens with zero attached hydrogens (tertiary/aromatic N) is 4. The predicted octanol–water partition coefficient (Wildman–Crippen LogP) is 2.51. The lowest BCUT2D eigenvalue weighted by molar-refractivity contribution is 0.623. The molecule has 19 heavy (non-hydrogen) atoms. The van der Waals surface area contributed by atoms with Gasteiger partial charge in [-0.25, -0.2) is 19.3 Å². The topological polar surface area (TPSA) is 78.2 Å². The zero-order chi connectivity index (χ0) is 13.2. The fourth-order valence-corrected chi connectivity index (χ4v) is 2.55. The van der Waals surface area contributed by atoms with Gasteiger partial charge in [-0.1, -0.05) is 11.8 Å². The Hall–Kier alpha value is -2.46. The van der Waals surface area contributed by atoms with Crippen molar-refractivity contribution in [3.8, 4) is 6.07 Å². The molecule has 3 rings (SSSR count). The lowest BCUT2D eigenvalue weighted by atomic mass is 10.2. The van der Waals surface area contributed by atoms with Gasteiger partial charge >= 0.3 is 0 Å². The number of rotatable bonds is 2. The number of aromatic nitrogens is 4. The minimum absolute atomic E-state index is 0.275. The summed E-state index contributed by atoms with van der Waals surface area (Å²) in [6, 6.07) is 6.08. The number of halogens is 1. The summed E-state index contributed by atoms with van der Waals surface area (Å²) in [7, 11) is 0. The van der Waals surface area contributed by atoms with Gasteiger partial charge in [0.25, 0.3) is 0 Å². The lowest BCUT2D eigenvalue weighted by Crippen LogP contribution is -1.87. The lowest BCUT2D eigenvalue weighted by Gasteiger charge is -2.02.